The van der Waals surface area contributed by atoms with E-state index < -0.39 is 0 Å². The van der Waals surface area contributed by atoms with Crippen molar-refractivity contribution < 1.29 is 4.52 Å². The lowest BCUT2D eigenvalue weighted by atomic mass is 9.91. The fraction of sp³-hybridized carbons (Fsp3) is 0.188. The fourth-order valence-corrected chi connectivity index (χ4v) is 2.72. The van der Waals surface area contributed by atoms with Gasteiger partial charge in [0.1, 0.15) is 0 Å². The first kappa shape index (κ1) is 12.1. The Morgan fingerprint density at radius 3 is 2.86 bits per heavy atom. The Morgan fingerprint density at radius 2 is 1.95 bits per heavy atom. The SMILES string of the molecule is c1ccc2c(c1)NCCC2c1nc(-c2ccncc2)no1. The van der Waals surface area contributed by atoms with E-state index in [2.05, 4.69) is 32.6 Å². The molecule has 4 rings (SSSR count). The number of nitrogens with zero attached hydrogens (tertiary/aromatic N) is 3. The molecule has 1 aliphatic heterocycles. The molecule has 2 aromatic heterocycles. The highest BCUT2D eigenvalue weighted by Crippen LogP contribution is 2.35. The zero-order chi connectivity index (χ0) is 14.1. The molecular formula is C16H14N4O. The third-order valence-corrected chi connectivity index (χ3v) is 3.76. The van der Waals surface area contributed by atoms with Crippen LogP contribution in [0.2, 0.25) is 0 Å². The summed E-state index contributed by atoms with van der Waals surface area (Å²) in [5.74, 6) is 1.45. The van der Waals surface area contributed by atoms with Crippen LogP contribution in [0, 0.1) is 0 Å². The molecule has 1 aliphatic rings. The van der Waals surface area contributed by atoms with Gasteiger partial charge < -0.3 is 9.84 Å². The van der Waals surface area contributed by atoms with E-state index >= 15 is 0 Å². The molecule has 104 valence electrons. The van der Waals surface area contributed by atoms with E-state index in [9.17, 15) is 0 Å². The Hall–Kier alpha value is -2.69. The summed E-state index contributed by atoms with van der Waals surface area (Å²) in [5, 5.41) is 7.50. The van der Waals surface area contributed by atoms with Crippen LogP contribution in [0.25, 0.3) is 11.4 Å². The van der Waals surface area contributed by atoms with Crippen LogP contribution in [0.5, 0.6) is 0 Å². The molecule has 1 N–H and O–H groups in total. The number of aromatic nitrogens is 3. The van der Waals surface area contributed by atoms with Crippen molar-refractivity contribution >= 4 is 5.69 Å². The Bertz CT molecular complexity index is 754. The van der Waals surface area contributed by atoms with E-state index in [1.54, 1.807) is 12.4 Å². The van der Waals surface area contributed by atoms with Gasteiger partial charge in [0.25, 0.3) is 0 Å². The van der Waals surface area contributed by atoms with Gasteiger partial charge >= 0.3 is 0 Å². The van der Waals surface area contributed by atoms with E-state index in [-0.39, 0.29) is 5.92 Å². The van der Waals surface area contributed by atoms with Gasteiger partial charge in [-0.3, -0.25) is 4.98 Å². The monoisotopic (exact) mass is 278 g/mol. The van der Waals surface area contributed by atoms with Gasteiger partial charge in [0, 0.05) is 30.2 Å². The van der Waals surface area contributed by atoms with E-state index in [0.29, 0.717) is 11.7 Å². The maximum atomic E-state index is 5.51. The molecule has 0 saturated heterocycles. The number of benzene rings is 1. The van der Waals surface area contributed by atoms with Crippen molar-refractivity contribution in [2.24, 2.45) is 0 Å². The second-order valence-electron chi connectivity index (χ2n) is 5.05. The summed E-state index contributed by atoms with van der Waals surface area (Å²) in [7, 11) is 0. The van der Waals surface area contributed by atoms with Gasteiger partial charge in [-0.25, -0.2) is 0 Å². The first-order valence-electron chi connectivity index (χ1n) is 6.98. The first-order chi connectivity index (χ1) is 10.4. The Labute approximate surface area is 122 Å². The van der Waals surface area contributed by atoms with Crippen LogP contribution < -0.4 is 5.32 Å². The van der Waals surface area contributed by atoms with E-state index in [0.717, 1.165) is 24.2 Å². The van der Waals surface area contributed by atoms with Crippen LogP contribution in [0.15, 0.2) is 53.3 Å². The molecule has 5 nitrogen and oxygen atoms in total. The predicted octanol–water partition coefficient (Wildman–Crippen LogP) is 3.08. The lowest BCUT2D eigenvalue weighted by Gasteiger charge is -2.23. The van der Waals surface area contributed by atoms with Gasteiger partial charge in [0.2, 0.25) is 11.7 Å². The minimum absolute atomic E-state index is 0.158. The van der Waals surface area contributed by atoms with E-state index in [4.69, 9.17) is 4.52 Å². The maximum Gasteiger partial charge on any atom is 0.234 e. The van der Waals surface area contributed by atoms with Crippen LogP contribution >= 0.6 is 0 Å². The summed E-state index contributed by atoms with van der Waals surface area (Å²) < 4.78 is 5.51. The van der Waals surface area contributed by atoms with Crippen LogP contribution in [-0.4, -0.2) is 21.7 Å². The predicted molar refractivity (Wildman–Crippen MR) is 78.9 cm³/mol. The minimum Gasteiger partial charge on any atom is -0.385 e. The van der Waals surface area contributed by atoms with Crippen LogP contribution in [0.1, 0.15) is 23.8 Å². The molecule has 3 aromatic rings. The molecule has 1 unspecified atom stereocenters. The van der Waals surface area contributed by atoms with Crippen molar-refractivity contribution in [2.75, 3.05) is 11.9 Å². The smallest absolute Gasteiger partial charge is 0.234 e. The molecule has 0 saturated carbocycles. The maximum absolute atomic E-state index is 5.51. The van der Waals surface area contributed by atoms with Crippen LogP contribution in [0.4, 0.5) is 5.69 Å². The summed E-state index contributed by atoms with van der Waals surface area (Å²) in [5.41, 5.74) is 3.29. The Balaban J connectivity index is 1.71. The summed E-state index contributed by atoms with van der Waals surface area (Å²) >= 11 is 0. The zero-order valence-electron chi connectivity index (χ0n) is 11.4. The van der Waals surface area contributed by atoms with Crippen LogP contribution in [-0.2, 0) is 0 Å². The van der Waals surface area contributed by atoms with E-state index in [1.165, 1.54) is 5.56 Å². The van der Waals surface area contributed by atoms with Crippen molar-refractivity contribution in [1.82, 2.24) is 15.1 Å². The number of nitrogens with one attached hydrogen (secondary N) is 1. The number of pyridine rings is 1. The summed E-state index contributed by atoms with van der Waals surface area (Å²) in [6.07, 6.45) is 4.41. The second kappa shape index (κ2) is 5.01. The van der Waals surface area contributed by atoms with Gasteiger partial charge in [0.15, 0.2) is 0 Å². The van der Waals surface area contributed by atoms with Gasteiger partial charge in [-0.05, 0) is 30.2 Å². The lowest BCUT2D eigenvalue weighted by Crippen LogP contribution is -2.17. The minimum atomic E-state index is 0.158. The lowest BCUT2D eigenvalue weighted by molar-refractivity contribution is 0.361. The molecular weight excluding hydrogens is 264 g/mol. The van der Waals surface area contributed by atoms with Gasteiger partial charge in [-0.1, -0.05) is 23.4 Å². The van der Waals surface area contributed by atoms with Gasteiger partial charge in [0.05, 0.1) is 5.92 Å². The molecule has 0 amide bonds. The molecule has 0 radical (unpaired) electrons. The van der Waals surface area contributed by atoms with Crippen molar-refractivity contribution in [3.05, 3.63) is 60.2 Å². The highest BCUT2D eigenvalue weighted by atomic mass is 16.5. The quantitative estimate of drug-likeness (QED) is 0.780. The number of hydrogen-bond donors (Lipinski definition) is 1. The summed E-state index contributed by atoms with van der Waals surface area (Å²) in [6.45, 7) is 0.911. The van der Waals surface area contributed by atoms with Crippen molar-refractivity contribution in [3.8, 4) is 11.4 Å². The zero-order valence-corrected chi connectivity index (χ0v) is 11.4. The summed E-state index contributed by atoms with van der Waals surface area (Å²) in [6, 6.07) is 12.0. The fourth-order valence-electron chi connectivity index (χ4n) is 2.72. The molecule has 21 heavy (non-hydrogen) atoms. The largest absolute Gasteiger partial charge is 0.385 e. The molecule has 3 heterocycles. The average molecular weight is 278 g/mol. The Morgan fingerprint density at radius 1 is 1.10 bits per heavy atom. The highest BCUT2D eigenvalue weighted by molar-refractivity contribution is 5.57. The number of rotatable bonds is 2. The van der Waals surface area contributed by atoms with Crippen molar-refractivity contribution in [1.29, 1.82) is 0 Å². The normalized spacial score (nSPS) is 17.0. The highest BCUT2D eigenvalue weighted by Gasteiger charge is 2.26. The number of hydrogen-bond acceptors (Lipinski definition) is 5. The second-order valence-corrected chi connectivity index (χ2v) is 5.05. The molecule has 0 spiro atoms. The van der Waals surface area contributed by atoms with E-state index in [1.807, 2.05) is 24.3 Å². The number of para-hydroxylation sites is 1. The molecule has 0 fully saturated rings. The number of anilines is 1. The van der Waals surface area contributed by atoms with Gasteiger partial charge in [-0.15, -0.1) is 0 Å². The third-order valence-electron chi connectivity index (χ3n) is 3.76. The molecule has 0 aliphatic carbocycles. The molecule has 0 bridgehead atoms. The summed E-state index contributed by atoms with van der Waals surface area (Å²) in [4.78, 5) is 8.57. The van der Waals surface area contributed by atoms with Gasteiger partial charge in [-0.2, -0.15) is 4.98 Å². The van der Waals surface area contributed by atoms with Crippen molar-refractivity contribution in [3.63, 3.8) is 0 Å². The molecule has 1 atom stereocenters. The molecule has 5 heteroatoms. The third kappa shape index (κ3) is 2.16. The topological polar surface area (TPSA) is 63.8 Å². The molecule has 1 aromatic carbocycles. The number of fused-ring (bicyclic) bond motifs is 1. The Kier molecular flexibility index (Phi) is 2.88. The standard InChI is InChI=1S/C16H14N4O/c1-2-4-14-12(3-1)13(7-10-18-14)16-19-15(20-21-16)11-5-8-17-9-6-11/h1-6,8-9,13,18H,7,10H2. The van der Waals surface area contributed by atoms with Crippen molar-refractivity contribution in [2.45, 2.75) is 12.3 Å². The average Bonchev–Trinajstić information content (AvgIpc) is 3.05. The van der Waals surface area contributed by atoms with Crippen LogP contribution in [0.3, 0.4) is 0 Å². The first-order valence-corrected chi connectivity index (χ1v) is 6.98.